The van der Waals surface area contributed by atoms with Gasteiger partial charge >= 0.3 is 0 Å². The summed E-state index contributed by atoms with van der Waals surface area (Å²) in [5.74, 6) is 0.621. The van der Waals surface area contributed by atoms with Gasteiger partial charge in [0, 0.05) is 22.7 Å². The third kappa shape index (κ3) is 1.99. The van der Waals surface area contributed by atoms with Crippen molar-refractivity contribution in [3.8, 4) is 0 Å². The quantitative estimate of drug-likeness (QED) is 0.801. The van der Waals surface area contributed by atoms with Crippen LogP contribution < -0.4 is 5.73 Å². The SMILES string of the molecule is Nc1cc(C2CCCCC2)nc2ccccc12. The minimum Gasteiger partial charge on any atom is -0.398 e. The zero-order valence-corrected chi connectivity index (χ0v) is 10.0. The summed E-state index contributed by atoms with van der Waals surface area (Å²) in [6.45, 7) is 0. The molecule has 1 fully saturated rings. The number of hydrogen-bond donors (Lipinski definition) is 1. The zero-order chi connectivity index (χ0) is 11.7. The Labute approximate surface area is 102 Å². The lowest BCUT2D eigenvalue weighted by molar-refractivity contribution is 0.437. The Morgan fingerprint density at radius 1 is 1.06 bits per heavy atom. The first-order valence-corrected chi connectivity index (χ1v) is 6.50. The summed E-state index contributed by atoms with van der Waals surface area (Å²) in [6.07, 6.45) is 6.58. The first-order chi connectivity index (χ1) is 8.34. The monoisotopic (exact) mass is 226 g/mol. The Hall–Kier alpha value is -1.57. The van der Waals surface area contributed by atoms with Crippen molar-refractivity contribution in [1.29, 1.82) is 0 Å². The average molecular weight is 226 g/mol. The molecule has 1 saturated carbocycles. The molecule has 0 aliphatic heterocycles. The second kappa shape index (κ2) is 4.36. The summed E-state index contributed by atoms with van der Waals surface area (Å²) in [6, 6.07) is 10.2. The van der Waals surface area contributed by atoms with Crippen molar-refractivity contribution in [1.82, 2.24) is 4.98 Å². The number of para-hydroxylation sites is 1. The molecular weight excluding hydrogens is 208 g/mol. The highest BCUT2D eigenvalue weighted by atomic mass is 14.7. The maximum atomic E-state index is 6.12. The Bertz CT molecular complexity index is 527. The van der Waals surface area contributed by atoms with Crippen LogP contribution in [0, 0.1) is 0 Å². The van der Waals surface area contributed by atoms with E-state index in [2.05, 4.69) is 12.1 Å². The van der Waals surface area contributed by atoms with Gasteiger partial charge < -0.3 is 5.73 Å². The summed E-state index contributed by atoms with van der Waals surface area (Å²) >= 11 is 0. The van der Waals surface area contributed by atoms with E-state index in [-0.39, 0.29) is 0 Å². The molecule has 2 heteroatoms. The van der Waals surface area contributed by atoms with Crippen molar-refractivity contribution >= 4 is 16.6 Å². The predicted octanol–water partition coefficient (Wildman–Crippen LogP) is 3.86. The van der Waals surface area contributed by atoms with Gasteiger partial charge in [0.25, 0.3) is 0 Å². The molecule has 0 amide bonds. The third-order valence-electron chi connectivity index (χ3n) is 3.79. The van der Waals surface area contributed by atoms with Crippen LogP contribution in [-0.4, -0.2) is 4.98 Å². The second-order valence-corrected chi connectivity index (χ2v) is 4.99. The van der Waals surface area contributed by atoms with E-state index < -0.39 is 0 Å². The molecule has 17 heavy (non-hydrogen) atoms. The van der Waals surface area contributed by atoms with Gasteiger partial charge in [0.1, 0.15) is 0 Å². The van der Waals surface area contributed by atoms with Gasteiger partial charge in [0.2, 0.25) is 0 Å². The smallest absolute Gasteiger partial charge is 0.0726 e. The number of nitrogen functional groups attached to an aromatic ring is 1. The summed E-state index contributed by atoms with van der Waals surface area (Å²) in [5, 5.41) is 1.08. The molecule has 0 saturated heterocycles. The highest BCUT2D eigenvalue weighted by Crippen LogP contribution is 2.33. The topological polar surface area (TPSA) is 38.9 Å². The fourth-order valence-corrected chi connectivity index (χ4v) is 2.83. The molecular formula is C15H18N2. The minimum atomic E-state index is 0.621. The molecule has 0 spiro atoms. The highest BCUT2D eigenvalue weighted by molar-refractivity contribution is 5.90. The lowest BCUT2D eigenvalue weighted by atomic mass is 9.86. The zero-order valence-electron chi connectivity index (χ0n) is 10.0. The Morgan fingerprint density at radius 3 is 2.65 bits per heavy atom. The first kappa shape index (κ1) is 10.6. The normalized spacial score (nSPS) is 17.4. The molecule has 1 aliphatic rings. The fourth-order valence-electron chi connectivity index (χ4n) is 2.83. The lowest BCUT2D eigenvalue weighted by Crippen LogP contribution is -2.07. The number of anilines is 1. The van der Waals surface area contributed by atoms with Crippen molar-refractivity contribution < 1.29 is 0 Å². The number of aromatic nitrogens is 1. The molecule has 88 valence electrons. The van der Waals surface area contributed by atoms with Crippen LogP contribution in [-0.2, 0) is 0 Å². The van der Waals surface area contributed by atoms with Crippen LogP contribution in [0.25, 0.3) is 10.9 Å². The van der Waals surface area contributed by atoms with Crippen molar-refractivity contribution in [3.05, 3.63) is 36.0 Å². The molecule has 1 aromatic heterocycles. The van der Waals surface area contributed by atoms with Crippen LogP contribution >= 0.6 is 0 Å². The van der Waals surface area contributed by atoms with Gasteiger partial charge in [-0.3, -0.25) is 4.98 Å². The maximum absolute atomic E-state index is 6.12. The lowest BCUT2D eigenvalue weighted by Gasteiger charge is -2.21. The molecule has 2 N–H and O–H groups in total. The van der Waals surface area contributed by atoms with Gasteiger partial charge in [0.05, 0.1) is 5.52 Å². The Balaban J connectivity index is 2.05. The first-order valence-electron chi connectivity index (χ1n) is 6.50. The Morgan fingerprint density at radius 2 is 1.82 bits per heavy atom. The maximum Gasteiger partial charge on any atom is 0.0726 e. The van der Waals surface area contributed by atoms with Crippen LogP contribution in [0.15, 0.2) is 30.3 Å². The standard InChI is InChI=1S/C15H18N2/c16-13-10-15(11-6-2-1-3-7-11)17-14-9-5-4-8-12(13)14/h4-5,8-11H,1-3,6-7H2,(H2,16,17). The van der Waals surface area contributed by atoms with E-state index in [1.165, 1.54) is 37.8 Å². The molecule has 2 nitrogen and oxygen atoms in total. The molecule has 1 aromatic carbocycles. The number of nitrogens with zero attached hydrogens (tertiary/aromatic N) is 1. The van der Waals surface area contributed by atoms with Crippen LogP contribution in [0.3, 0.4) is 0 Å². The van der Waals surface area contributed by atoms with E-state index in [0.29, 0.717) is 5.92 Å². The van der Waals surface area contributed by atoms with Gasteiger partial charge in [-0.2, -0.15) is 0 Å². The average Bonchev–Trinajstić information content (AvgIpc) is 2.40. The van der Waals surface area contributed by atoms with E-state index in [1.807, 2.05) is 18.2 Å². The number of fused-ring (bicyclic) bond motifs is 1. The molecule has 0 unspecified atom stereocenters. The predicted molar refractivity (Wildman–Crippen MR) is 72.0 cm³/mol. The number of hydrogen-bond acceptors (Lipinski definition) is 2. The molecule has 1 heterocycles. The van der Waals surface area contributed by atoms with Crippen molar-refractivity contribution in [2.75, 3.05) is 5.73 Å². The minimum absolute atomic E-state index is 0.621. The Kier molecular flexibility index (Phi) is 2.71. The van der Waals surface area contributed by atoms with Gasteiger partial charge in [0.15, 0.2) is 0 Å². The largest absolute Gasteiger partial charge is 0.398 e. The van der Waals surface area contributed by atoms with E-state index >= 15 is 0 Å². The van der Waals surface area contributed by atoms with Crippen molar-refractivity contribution in [2.45, 2.75) is 38.0 Å². The number of nitrogens with two attached hydrogens (primary N) is 1. The van der Waals surface area contributed by atoms with Gasteiger partial charge in [-0.1, -0.05) is 37.5 Å². The number of benzene rings is 1. The molecule has 0 radical (unpaired) electrons. The van der Waals surface area contributed by atoms with Crippen LogP contribution in [0.1, 0.15) is 43.7 Å². The highest BCUT2D eigenvalue weighted by Gasteiger charge is 2.17. The molecule has 1 aliphatic carbocycles. The molecule has 0 atom stereocenters. The van der Waals surface area contributed by atoms with Crippen LogP contribution in [0.5, 0.6) is 0 Å². The molecule has 2 aromatic rings. The van der Waals surface area contributed by atoms with Crippen LogP contribution in [0.4, 0.5) is 5.69 Å². The number of pyridine rings is 1. The summed E-state index contributed by atoms with van der Waals surface area (Å²) in [4.78, 5) is 4.78. The van der Waals surface area contributed by atoms with Crippen molar-refractivity contribution in [3.63, 3.8) is 0 Å². The second-order valence-electron chi connectivity index (χ2n) is 4.99. The summed E-state index contributed by atoms with van der Waals surface area (Å²) in [5.41, 5.74) is 9.23. The van der Waals surface area contributed by atoms with Gasteiger partial charge in [-0.05, 0) is 25.0 Å². The molecule has 0 bridgehead atoms. The van der Waals surface area contributed by atoms with Gasteiger partial charge in [-0.25, -0.2) is 0 Å². The van der Waals surface area contributed by atoms with Crippen molar-refractivity contribution in [2.24, 2.45) is 0 Å². The van der Waals surface area contributed by atoms with E-state index in [9.17, 15) is 0 Å². The van der Waals surface area contributed by atoms with E-state index in [1.54, 1.807) is 0 Å². The summed E-state index contributed by atoms with van der Waals surface area (Å²) < 4.78 is 0. The van der Waals surface area contributed by atoms with E-state index in [0.717, 1.165) is 16.6 Å². The van der Waals surface area contributed by atoms with E-state index in [4.69, 9.17) is 10.7 Å². The molecule has 3 rings (SSSR count). The number of rotatable bonds is 1. The third-order valence-corrected chi connectivity index (χ3v) is 3.79. The summed E-state index contributed by atoms with van der Waals surface area (Å²) in [7, 11) is 0. The van der Waals surface area contributed by atoms with Crippen LogP contribution in [0.2, 0.25) is 0 Å². The van der Waals surface area contributed by atoms with Gasteiger partial charge in [-0.15, -0.1) is 0 Å². The fraction of sp³-hybridized carbons (Fsp3) is 0.400.